The molecule has 0 aromatic carbocycles. The first-order chi connectivity index (χ1) is 11.0. The minimum atomic E-state index is -0.0370. The van der Waals surface area contributed by atoms with Crippen molar-refractivity contribution in [1.82, 2.24) is 15.0 Å². The first-order valence-electron chi connectivity index (χ1n) is 7.03. The third-order valence-corrected chi connectivity index (χ3v) is 5.46. The minimum Gasteiger partial charge on any atom is -0.355 e. The fraction of sp³-hybridized carbons (Fsp3) is 0.250. The maximum absolute atomic E-state index is 12.5. The third kappa shape index (κ3) is 2.94. The number of hydrogen-bond acceptors (Lipinski definition) is 6. The van der Waals surface area contributed by atoms with Crippen LogP contribution in [-0.4, -0.2) is 32.3 Å². The number of carbonyl (C=O) groups excluding carboxylic acids is 2. The van der Waals surface area contributed by atoms with Gasteiger partial charge in [-0.05, 0) is 37.8 Å². The van der Waals surface area contributed by atoms with E-state index in [1.54, 1.807) is 18.3 Å². The van der Waals surface area contributed by atoms with Gasteiger partial charge in [-0.1, -0.05) is 11.8 Å². The van der Waals surface area contributed by atoms with Gasteiger partial charge in [-0.25, -0.2) is 9.97 Å². The van der Waals surface area contributed by atoms with Crippen LogP contribution in [0.3, 0.4) is 0 Å². The molecule has 23 heavy (non-hydrogen) atoms. The second-order valence-corrected chi connectivity index (χ2v) is 7.07. The maximum atomic E-state index is 12.5. The summed E-state index contributed by atoms with van der Waals surface area (Å²) in [7, 11) is 0. The van der Waals surface area contributed by atoms with E-state index in [-0.39, 0.29) is 17.3 Å². The Kier molecular flexibility index (Phi) is 4.32. The van der Waals surface area contributed by atoms with Crippen LogP contribution in [0.25, 0.3) is 10.2 Å². The van der Waals surface area contributed by atoms with E-state index in [0.717, 1.165) is 26.5 Å². The van der Waals surface area contributed by atoms with Gasteiger partial charge in [0.1, 0.15) is 16.2 Å². The molecule has 0 aliphatic heterocycles. The van der Waals surface area contributed by atoms with Crippen LogP contribution in [0, 0.1) is 13.8 Å². The minimum absolute atomic E-state index is 0.0289. The van der Waals surface area contributed by atoms with E-state index >= 15 is 0 Å². The van der Waals surface area contributed by atoms with Gasteiger partial charge in [0.25, 0.3) is 0 Å². The molecule has 1 N–H and O–H groups in total. The Bertz CT molecular complexity index is 911. The van der Waals surface area contributed by atoms with Gasteiger partial charge in [0.2, 0.25) is 0 Å². The van der Waals surface area contributed by atoms with Crippen molar-refractivity contribution in [2.24, 2.45) is 0 Å². The molecule has 0 saturated heterocycles. The number of nitrogens with one attached hydrogen (secondary N) is 1. The summed E-state index contributed by atoms with van der Waals surface area (Å²) in [5.41, 5.74) is 2.59. The number of fused-ring (bicyclic) bond motifs is 1. The Morgan fingerprint density at radius 2 is 2.09 bits per heavy atom. The molecule has 3 heterocycles. The van der Waals surface area contributed by atoms with Gasteiger partial charge in [0.05, 0.1) is 11.4 Å². The number of carbonyl (C=O) groups is 2. The Morgan fingerprint density at radius 3 is 2.78 bits per heavy atom. The van der Waals surface area contributed by atoms with Gasteiger partial charge in [-0.3, -0.25) is 9.59 Å². The molecule has 0 spiro atoms. The van der Waals surface area contributed by atoms with Crippen molar-refractivity contribution in [3.63, 3.8) is 0 Å². The first kappa shape index (κ1) is 15.9. The van der Waals surface area contributed by atoms with Crippen molar-refractivity contribution in [2.45, 2.75) is 25.8 Å². The lowest BCUT2D eigenvalue weighted by Gasteiger charge is -2.02. The zero-order valence-electron chi connectivity index (χ0n) is 13.0. The van der Waals surface area contributed by atoms with Crippen molar-refractivity contribution in [3.8, 4) is 0 Å². The Labute approximate surface area is 141 Å². The average molecular weight is 345 g/mol. The van der Waals surface area contributed by atoms with Gasteiger partial charge in [-0.15, -0.1) is 11.3 Å². The highest BCUT2D eigenvalue weighted by Crippen LogP contribution is 2.28. The standard InChI is InChI=1S/C16H15N3O2S2/c1-8-13(10(3)20)9(2)19-14(8)12(21)6-23-16-11-4-5-22-15(11)17-7-18-16/h4-5,7,19H,6H2,1-3H3. The fourth-order valence-corrected chi connectivity index (χ4v) is 4.30. The zero-order chi connectivity index (χ0) is 16.6. The molecule has 0 atom stereocenters. The molecule has 0 fully saturated rings. The van der Waals surface area contributed by atoms with E-state index in [9.17, 15) is 9.59 Å². The summed E-state index contributed by atoms with van der Waals surface area (Å²) in [5.74, 6) is 0.198. The van der Waals surface area contributed by atoms with Crippen LogP contribution in [0.4, 0.5) is 0 Å². The molecule has 3 rings (SSSR count). The monoisotopic (exact) mass is 345 g/mol. The van der Waals surface area contributed by atoms with Crippen molar-refractivity contribution in [2.75, 3.05) is 5.75 Å². The van der Waals surface area contributed by atoms with Crippen LogP contribution in [0.15, 0.2) is 22.8 Å². The molecule has 5 nitrogen and oxygen atoms in total. The number of hydrogen-bond donors (Lipinski definition) is 1. The molecule has 0 unspecified atom stereocenters. The SMILES string of the molecule is CC(=O)c1c(C)[nH]c(C(=O)CSc2ncnc3sccc23)c1C. The lowest BCUT2D eigenvalue weighted by molar-refractivity contribution is 0.101. The van der Waals surface area contributed by atoms with Gasteiger partial charge in [-0.2, -0.15) is 0 Å². The summed E-state index contributed by atoms with van der Waals surface area (Å²) >= 11 is 2.94. The van der Waals surface area contributed by atoms with Crippen LogP contribution in [-0.2, 0) is 0 Å². The molecular formula is C16H15N3O2S2. The van der Waals surface area contributed by atoms with Crippen LogP contribution >= 0.6 is 23.1 Å². The zero-order valence-corrected chi connectivity index (χ0v) is 14.6. The van der Waals surface area contributed by atoms with E-state index in [2.05, 4.69) is 15.0 Å². The molecule has 0 aliphatic rings. The molecule has 7 heteroatoms. The molecule has 118 valence electrons. The molecule has 0 amide bonds. The fourth-order valence-electron chi connectivity index (χ4n) is 2.65. The first-order valence-corrected chi connectivity index (χ1v) is 8.90. The quantitative estimate of drug-likeness (QED) is 0.432. The Morgan fingerprint density at radius 1 is 1.30 bits per heavy atom. The van der Waals surface area contributed by atoms with Crippen molar-refractivity contribution in [3.05, 3.63) is 40.3 Å². The molecule has 0 aliphatic carbocycles. The maximum Gasteiger partial charge on any atom is 0.189 e. The number of aryl methyl sites for hydroxylation is 1. The number of thioether (sulfide) groups is 1. The molecular weight excluding hydrogens is 330 g/mol. The van der Waals surface area contributed by atoms with Gasteiger partial charge >= 0.3 is 0 Å². The van der Waals surface area contributed by atoms with Crippen molar-refractivity contribution in [1.29, 1.82) is 0 Å². The van der Waals surface area contributed by atoms with E-state index in [0.29, 0.717) is 11.3 Å². The normalized spacial score (nSPS) is 11.1. The number of Topliss-reactive ketones (excluding diaryl/α,β-unsaturated/α-hetero) is 2. The van der Waals surface area contributed by atoms with Crippen LogP contribution in [0.1, 0.15) is 39.0 Å². The predicted molar refractivity (Wildman–Crippen MR) is 92.7 cm³/mol. The Hall–Kier alpha value is -1.99. The van der Waals surface area contributed by atoms with Crippen molar-refractivity contribution >= 4 is 44.9 Å². The largest absolute Gasteiger partial charge is 0.355 e. The highest BCUT2D eigenvalue weighted by atomic mass is 32.2. The Balaban J connectivity index is 1.82. The highest BCUT2D eigenvalue weighted by Gasteiger charge is 2.20. The number of aromatic nitrogens is 3. The summed E-state index contributed by atoms with van der Waals surface area (Å²) in [6, 6.07) is 1.96. The summed E-state index contributed by atoms with van der Waals surface area (Å²) in [5, 5.41) is 3.74. The molecule has 0 saturated carbocycles. The molecule has 0 bridgehead atoms. The number of nitrogens with zero attached hydrogens (tertiary/aromatic N) is 2. The van der Waals surface area contributed by atoms with E-state index in [4.69, 9.17) is 0 Å². The second-order valence-electron chi connectivity index (χ2n) is 5.21. The highest BCUT2D eigenvalue weighted by molar-refractivity contribution is 8.00. The van der Waals surface area contributed by atoms with Crippen LogP contribution in [0.5, 0.6) is 0 Å². The van der Waals surface area contributed by atoms with Gasteiger partial charge in [0.15, 0.2) is 11.6 Å². The third-order valence-electron chi connectivity index (χ3n) is 3.63. The van der Waals surface area contributed by atoms with Gasteiger partial charge in [0, 0.05) is 16.6 Å². The molecule has 0 radical (unpaired) electrons. The van der Waals surface area contributed by atoms with Gasteiger partial charge < -0.3 is 4.98 Å². The predicted octanol–water partition coefficient (Wildman–Crippen LogP) is 3.81. The summed E-state index contributed by atoms with van der Waals surface area (Å²) in [6.45, 7) is 5.13. The number of aromatic amines is 1. The summed E-state index contributed by atoms with van der Waals surface area (Å²) < 4.78 is 0. The molecule has 3 aromatic heterocycles. The average Bonchev–Trinajstić information content (AvgIpc) is 3.09. The topological polar surface area (TPSA) is 75.7 Å². The van der Waals surface area contributed by atoms with E-state index < -0.39 is 0 Å². The second kappa shape index (κ2) is 6.25. The lowest BCUT2D eigenvalue weighted by atomic mass is 10.1. The summed E-state index contributed by atoms with van der Waals surface area (Å²) in [4.78, 5) is 36.6. The van der Waals surface area contributed by atoms with E-state index in [1.807, 2.05) is 18.4 Å². The number of H-pyrrole nitrogens is 1. The smallest absolute Gasteiger partial charge is 0.189 e. The van der Waals surface area contributed by atoms with Crippen molar-refractivity contribution < 1.29 is 9.59 Å². The van der Waals surface area contributed by atoms with Crippen LogP contribution in [0.2, 0.25) is 0 Å². The number of rotatable bonds is 5. The number of ketones is 2. The van der Waals surface area contributed by atoms with E-state index in [1.165, 1.54) is 25.0 Å². The van der Waals surface area contributed by atoms with Crippen LogP contribution < -0.4 is 0 Å². The summed E-state index contributed by atoms with van der Waals surface area (Å²) in [6.07, 6.45) is 1.52. The number of thiophene rings is 1. The lowest BCUT2D eigenvalue weighted by Crippen LogP contribution is -2.06. The molecule has 3 aromatic rings.